The van der Waals surface area contributed by atoms with Crippen molar-refractivity contribution in [2.75, 3.05) is 31.5 Å². The molecule has 1 aliphatic heterocycles. The number of aliphatic hydroxyl groups is 1. The molecule has 12 heteroatoms. The van der Waals surface area contributed by atoms with Crippen molar-refractivity contribution in [2.24, 2.45) is 5.92 Å². The van der Waals surface area contributed by atoms with E-state index in [0.29, 0.717) is 22.9 Å². The van der Waals surface area contributed by atoms with Crippen molar-refractivity contribution in [3.8, 4) is 5.75 Å². The number of hydrogen-bond donors (Lipinski definition) is 3. The van der Waals surface area contributed by atoms with Gasteiger partial charge in [-0.1, -0.05) is 37.8 Å². The van der Waals surface area contributed by atoms with E-state index in [2.05, 4.69) is 10.0 Å². The van der Waals surface area contributed by atoms with Crippen LogP contribution in [0.25, 0.3) is 0 Å². The minimum Gasteiger partial charge on any atom is -0.488 e. The molecule has 0 aromatic heterocycles. The monoisotopic (exact) mass is 620 g/mol. The summed E-state index contributed by atoms with van der Waals surface area (Å²) in [6.45, 7) is 4.13. The molecular formula is C30H41ClN4O6S. The number of carbonyl (C=O) groups excluding carboxylic acids is 2. The van der Waals surface area contributed by atoms with Crippen LogP contribution in [0.2, 0.25) is 5.02 Å². The molecule has 3 amide bonds. The first kappa shape index (κ1) is 31.9. The van der Waals surface area contributed by atoms with Gasteiger partial charge in [-0.15, -0.1) is 0 Å². The Kier molecular flexibility index (Phi) is 10.6. The summed E-state index contributed by atoms with van der Waals surface area (Å²) in [5.41, 5.74) is 0.773. The topological polar surface area (TPSA) is 128 Å². The normalized spacial score (nSPS) is 20.8. The van der Waals surface area contributed by atoms with Crippen LogP contribution in [0.4, 0.5) is 10.5 Å². The Labute approximate surface area is 253 Å². The van der Waals surface area contributed by atoms with Crippen molar-refractivity contribution < 1.29 is 27.9 Å². The Morgan fingerprint density at radius 3 is 2.52 bits per heavy atom. The predicted octanol–water partition coefficient (Wildman–Crippen LogP) is 4.26. The van der Waals surface area contributed by atoms with Crippen LogP contribution in [-0.4, -0.2) is 80.2 Å². The second-order valence-electron chi connectivity index (χ2n) is 11.4. The molecule has 2 aromatic rings. The number of carbonyl (C=O) groups is 2. The summed E-state index contributed by atoms with van der Waals surface area (Å²) in [7, 11) is -2.18. The summed E-state index contributed by atoms with van der Waals surface area (Å²) in [4.78, 5) is 29.8. The quantitative estimate of drug-likeness (QED) is 0.405. The van der Waals surface area contributed by atoms with Crippen LogP contribution >= 0.6 is 11.6 Å². The number of nitrogens with zero attached hydrogens (tertiary/aromatic N) is 2. The largest absolute Gasteiger partial charge is 0.488 e. The van der Waals surface area contributed by atoms with Gasteiger partial charge in [-0.25, -0.2) is 13.2 Å². The molecule has 0 bridgehead atoms. The number of ether oxygens (including phenoxy) is 1. The summed E-state index contributed by atoms with van der Waals surface area (Å²) in [5, 5.41) is 13.4. The Morgan fingerprint density at radius 1 is 1.17 bits per heavy atom. The van der Waals surface area contributed by atoms with Crippen LogP contribution in [0.15, 0.2) is 47.4 Å². The number of anilines is 1. The third-order valence-electron chi connectivity index (χ3n) is 8.03. The molecule has 0 unspecified atom stereocenters. The maximum atomic E-state index is 13.5. The van der Waals surface area contributed by atoms with E-state index in [1.807, 2.05) is 6.92 Å². The van der Waals surface area contributed by atoms with Crippen LogP contribution in [0, 0.1) is 5.92 Å². The molecule has 230 valence electrons. The number of halogens is 1. The minimum atomic E-state index is -3.91. The number of rotatable bonds is 8. The Bertz CT molecular complexity index is 1350. The van der Waals surface area contributed by atoms with E-state index >= 15 is 0 Å². The van der Waals surface area contributed by atoms with Gasteiger partial charge in [0.2, 0.25) is 5.91 Å². The fraction of sp³-hybridized carbons (Fsp3) is 0.533. The molecule has 1 saturated carbocycles. The highest BCUT2D eigenvalue weighted by Gasteiger charge is 2.32. The van der Waals surface area contributed by atoms with Crippen molar-refractivity contribution in [3.63, 3.8) is 0 Å². The molecule has 0 saturated heterocycles. The van der Waals surface area contributed by atoms with Gasteiger partial charge in [-0.05, 0) is 62.2 Å². The average molecular weight is 621 g/mol. The third kappa shape index (κ3) is 8.08. The summed E-state index contributed by atoms with van der Waals surface area (Å²) in [6, 6.07) is 10.2. The third-order valence-corrected chi connectivity index (χ3v) is 9.68. The number of benzene rings is 2. The zero-order valence-electron chi connectivity index (χ0n) is 24.4. The Hall–Kier alpha value is -3.02. The maximum Gasteiger partial charge on any atom is 0.317 e. The summed E-state index contributed by atoms with van der Waals surface area (Å²) < 4.78 is 35.0. The lowest BCUT2D eigenvalue weighted by Gasteiger charge is -2.34. The molecule has 3 N–H and O–H groups in total. The second kappa shape index (κ2) is 14.0. The molecule has 1 fully saturated rings. The molecule has 3 atom stereocenters. The number of sulfonamides is 1. The van der Waals surface area contributed by atoms with E-state index in [0.717, 1.165) is 25.7 Å². The van der Waals surface area contributed by atoms with E-state index in [-0.39, 0.29) is 54.1 Å². The van der Waals surface area contributed by atoms with E-state index < -0.39 is 22.2 Å². The van der Waals surface area contributed by atoms with Crippen molar-refractivity contribution in [1.82, 2.24) is 15.1 Å². The van der Waals surface area contributed by atoms with Crippen molar-refractivity contribution in [1.29, 1.82) is 0 Å². The first-order valence-electron chi connectivity index (χ1n) is 14.5. The predicted molar refractivity (Wildman–Crippen MR) is 162 cm³/mol. The number of nitrogens with one attached hydrogen (secondary N) is 2. The molecule has 10 nitrogen and oxygen atoms in total. The standard InChI is InChI=1S/C30H41ClN4O6S/c1-20-17-35(21(2)19-36)29(37)16-22-15-25(33-42(39,40)26-12-9-23(31)10-13-26)11-14-27(22)41-28(20)18-34(3)30(38)32-24-7-5-4-6-8-24/h9-15,20-21,24,28,33,36H,4-8,16-19H2,1-3H3,(H,32,38)/t20-,21+,28-/m1/s1. The molecule has 0 spiro atoms. The molecule has 42 heavy (non-hydrogen) atoms. The lowest BCUT2D eigenvalue weighted by atomic mass is 9.96. The first-order valence-corrected chi connectivity index (χ1v) is 16.3. The number of hydrogen-bond acceptors (Lipinski definition) is 6. The van der Waals surface area contributed by atoms with Crippen molar-refractivity contribution in [2.45, 2.75) is 75.5 Å². The molecular weight excluding hydrogens is 580 g/mol. The smallest absolute Gasteiger partial charge is 0.317 e. The SMILES string of the molecule is C[C@@H]1CN([C@@H](C)CO)C(=O)Cc2cc(NS(=O)(=O)c3ccc(Cl)cc3)ccc2O[C@@H]1CN(C)C(=O)NC1CCCCC1. The van der Waals surface area contributed by atoms with E-state index in [1.165, 1.54) is 30.7 Å². The van der Waals surface area contributed by atoms with Crippen molar-refractivity contribution in [3.05, 3.63) is 53.1 Å². The van der Waals surface area contributed by atoms with E-state index in [9.17, 15) is 23.1 Å². The van der Waals surface area contributed by atoms with Gasteiger partial charge in [0.25, 0.3) is 10.0 Å². The van der Waals surface area contributed by atoms with Gasteiger partial charge >= 0.3 is 6.03 Å². The lowest BCUT2D eigenvalue weighted by molar-refractivity contribution is -0.134. The fourth-order valence-electron chi connectivity index (χ4n) is 5.42. The highest BCUT2D eigenvalue weighted by molar-refractivity contribution is 7.92. The minimum absolute atomic E-state index is 0.0480. The van der Waals surface area contributed by atoms with E-state index in [4.69, 9.17) is 16.3 Å². The van der Waals surface area contributed by atoms with Gasteiger partial charge in [0.15, 0.2) is 0 Å². The molecule has 1 aliphatic carbocycles. The molecule has 2 aliphatic rings. The average Bonchev–Trinajstić information content (AvgIpc) is 3.00. The van der Waals surface area contributed by atoms with Gasteiger partial charge < -0.3 is 25.0 Å². The second-order valence-corrected chi connectivity index (χ2v) is 13.6. The number of urea groups is 1. The van der Waals surface area contributed by atoms with Crippen LogP contribution in [0.5, 0.6) is 5.75 Å². The van der Waals surface area contributed by atoms with Crippen LogP contribution in [0.3, 0.4) is 0 Å². The summed E-state index contributed by atoms with van der Waals surface area (Å²) in [6.07, 6.45) is 4.85. The number of fused-ring (bicyclic) bond motifs is 1. The number of likely N-dealkylation sites (N-methyl/N-ethyl adjacent to an activating group) is 1. The van der Waals surface area contributed by atoms with Gasteiger partial charge in [0.05, 0.1) is 30.5 Å². The van der Waals surface area contributed by atoms with Crippen LogP contribution in [0.1, 0.15) is 51.5 Å². The number of amides is 3. The van der Waals surface area contributed by atoms with Gasteiger partial charge in [-0.2, -0.15) is 0 Å². The highest BCUT2D eigenvalue weighted by atomic mass is 35.5. The Balaban J connectivity index is 1.59. The van der Waals surface area contributed by atoms with Crippen molar-refractivity contribution >= 4 is 39.2 Å². The molecule has 0 radical (unpaired) electrons. The zero-order chi connectivity index (χ0) is 30.4. The van der Waals surface area contributed by atoms with E-state index in [1.54, 1.807) is 42.0 Å². The molecule has 2 aromatic carbocycles. The lowest BCUT2D eigenvalue weighted by Crippen LogP contribution is -2.50. The maximum absolute atomic E-state index is 13.5. The van der Waals surface area contributed by atoms with Gasteiger partial charge in [0, 0.05) is 41.8 Å². The summed E-state index contributed by atoms with van der Waals surface area (Å²) in [5.74, 6) is 0.0474. The Morgan fingerprint density at radius 2 is 1.86 bits per heavy atom. The van der Waals surface area contributed by atoms with Gasteiger partial charge in [0.1, 0.15) is 11.9 Å². The molecule has 1 heterocycles. The van der Waals surface area contributed by atoms with Crippen LogP contribution in [-0.2, 0) is 21.2 Å². The zero-order valence-corrected chi connectivity index (χ0v) is 26.0. The van der Waals surface area contributed by atoms with Gasteiger partial charge in [-0.3, -0.25) is 9.52 Å². The fourth-order valence-corrected chi connectivity index (χ4v) is 6.60. The number of aliphatic hydroxyl groups excluding tert-OH is 1. The highest BCUT2D eigenvalue weighted by Crippen LogP contribution is 2.30. The van der Waals surface area contributed by atoms with Crippen LogP contribution < -0.4 is 14.8 Å². The first-order chi connectivity index (χ1) is 20.0. The molecule has 4 rings (SSSR count). The summed E-state index contributed by atoms with van der Waals surface area (Å²) >= 11 is 5.91.